The fourth-order valence-electron chi connectivity index (χ4n) is 0.653. The van der Waals surface area contributed by atoms with Gasteiger partial charge in [0.1, 0.15) is 17.3 Å². The third kappa shape index (κ3) is 2.81. The Hall–Kier alpha value is -0.880. The topological polar surface area (TPSA) is 72.0 Å². The summed E-state index contributed by atoms with van der Waals surface area (Å²) in [6, 6.07) is 1.35. The van der Waals surface area contributed by atoms with Gasteiger partial charge in [0.15, 0.2) is 0 Å². The van der Waals surface area contributed by atoms with Gasteiger partial charge in [-0.2, -0.15) is 0 Å². The van der Waals surface area contributed by atoms with E-state index in [0.717, 1.165) is 0 Å². The van der Waals surface area contributed by atoms with Crippen LogP contribution in [-0.2, 0) is 10.0 Å². The molecule has 0 unspecified atom stereocenters. The minimum absolute atomic E-state index is 0.179. The van der Waals surface area contributed by atoms with E-state index in [1.807, 2.05) is 0 Å². The lowest BCUT2D eigenvalue weighted by Crippen LogP contribution is -2.23. The lowest BCUT2D eigenvalue weighted by molar-refractivity contribution is 0.592. The molecule has 0 aliphatic rings. The zero-order chi connectivity index (χ0) is 10.8. The maximum Gasteiger partial charge on any atom is 0.236 e. The Balaban J connectivity index is 2.90. The predicted molar refractivity (Wildman–Crippen MR) is 54.7 cm³/mol. The minimum Gasteiger partial charge on any atom is -0.267 e. The summed E-state index contributed by atoms with van der Waals surface area (Å²) in [6.45, 7) is 3.15. The van der Waals surface area contributed by atoms with Gasteiger partial charge in [0.05, 0.1) is 5.25 Å². The molecule has 5 nitrogen and oxygen atoms in total. The molecule has 0 spiro atoms. The largest absolute Gasteiger partial charge is 0.267 e. The zero-order valence-electron chi connectivity index (χ0n) is 7.73. The van der Waals surface area contributed by atoms with Crippen molar-refractivity contribution in [1.29, 1.82) is 0 Å². The van der Waals surface area contributed by atoms with Gasteiger partial charge < -0.3 is 0 Å². The van der Waals surface area contributed by atoms with Gasteiger partial charge in [-0.1, -0.05) is 11.6 Å². The van der Waals surface area contributed by atoms with Gasteiger partial charge in [0.25, 0.3) is 0 Å². The Labute approximate surface area is 87.6 Å². The molecule has 1 aromatic rings. The summed E-state index contributed by atoms with van der Waals surface area (Å²) in [6.07, 6.45) is 1.19. The number of aromatic nitrogens is 2. The number of sulfonamides is 1. The van der Waals surface area contributed by atoms with Crippen molar-refractivity contribution in [3.05, 3.63) is 17.5 Å². The lowest BCUT2D eigenvalue weighted by Gasteiger charge is -2.09. The minimum atomic E-state index is -3.37. The van der Waals surface area contributed by atoms with E-state index >= 15 is 0 Å². The van der Waals surface area contributed by atoms with Crippen molar-refractivity contribution in [3.63, 3.8) is 0 Å². The number of halogens is 1. The molecule has 0 aliphatic heterocycles. The molecule has 0 fully saturated rings. The molecule has 1 N–H and O–H groups in total. The van der Waals surface area contributed by atoms with E-state index in [2.05, 4.69) is 14.7 Å². The van der Waals surface area contributed by atoms with Gasteiger partial charge in [-0.15, -0.1) is 0 Å². The summed E-state index contributed by atoms with van der Waals surface area (Å²) >= 11 is 5.57. The first-order chi connectivity index (χ1) is 6.42. The van der Waals surface area contributed by atoms with Gasteiger partial charge in [-0.3, -0.25) is 4.72 Å². The summed E-state index contributed by atoms with van der Waals surface area (Å²) in [5.41, 5.74) is 0. The Kier molecular flexibility index (Phi) is 3.28. The second kappa shape index (κ2) is 4.10. The first-order valence-corrected chi connectivity index (χ1v) is 5.83. The number of hydrogen-bond donors (Lipinski definition) is 1. The van der Waals surface area contributed by atoms with Crippen LogP contribution in [0.5, 0.6) is 0 Å². The van der Waals surface area contributed by atoms with Gasteiger partial charge in [-0.25, -0.2) is 18.4 Å². The summed E-state index contributed by atoms with van der Waals surface area (Å²) in [5.74, 6) is 0.179. The second-order valence-corrected chi connectivity index (χ2v) is 5.55. The van der Waals surface area contributed by atoms with Crippen LogP contribution in [0.1, 0.15) is 13.8 Å². The molecular weight excluding hydrogens is 226 g/mol. The predicted octanol–water partition coefficient (Wildman–Crippen LogP) is 1.28. The average molecular weight is 236 g/mol. The molecule has 0 aromatic carbocycles. The van der Waals surface area contributed by atoms with Crippen LogP contribution in [0.15, 0.2) is 12.4 Å². The molecule has 1 rings (SSSR count). The summed E-state index contributed by atoms with van der Waals surface area (Å²) in [7, 11) is -3.37. The molecule has 0 saturated heterocycles. The quantitative estimate of drug-likeness (QED) is 0.802. The number of anilines is 1. The molecule has 1 heterocycles. The van der Waals surface area contributed by atoms with E-state index in [0.29, 0.717) is 0 Å². The number of nitrogens with zero attached hydrogens (tertiary/aromatic N) is 2. The van der Waals surface area contributed by atoms with Crippen molar-refractivity contribution in [2.45, 2.75) is 19.1 Å². The molecule has 7 heteroatoms. The van der Waals surface area contributed by atoms with Crippen molar-refractivity contribution in [2.24, 2.45) is 0 Å². The molecule has 14 heavy (non-hydrogen) atoms. The van der Waals surface area contributed by atoms with Crippen molar-refractivity contribution in [3.8, 4) is 0 Å². The maximum absolute atomic E-state index is 11.4. The van der Waals surface area contributed by atoms with E-state index < -0.39 is 15.3 Å². The smallest absolute Gasteiger partial charge is 0.236 e. The molecule has 78 valence electrons. The first-order valence-electron chi connectivity index (χ1n) is 3.91. The van der Waals surface area contributed by atoms with Crippen LogP contribution in [0.2, 0.25) is 5.15 Å². The van der Waals surface area contributed by atoms with Gasteiger partial charge >= 0.3 is 0 Å². The Morgan fingerprint density at radius 3 is 2.57 bits per heavy atom. The number of hydrogen-bond acceptors (Lipinski definition) is 4. The van der Waals surface area contributed by atoms with Crippen LogP contribution in [0.25, 0.3) is 0 Å². The Bertz CT molecular complexity index is 419. The monoisotopic (exact) mass is 235 g/mol. The summed E-state index contributed by atoms with van der Waals surface area (Å²) in [5, 5.41) is -0.322. The van der Waals surface area contributed by atoms with Gasteiger partial charge in [-0.05, 0) is 13.8 Å². The molecule has 0 amide bonds. The number of rotatable bonds is 3. The van der Waals surface area contributed by atoms with E-state index in [-0.39, 0.29) is 11.0 Å². The lowest BCUT2D eigenvalue weighted by atomic mass is 10.6. The highest BCUT2D eigenvalue weighted by Crippen LogP contribution is 2.11. The highest BCUT2D eigenvalue weighted by Gasteiger charge is 2.16. The van der Waals surface area contributed by atoms with Crippen LogP contribution < -0.4 is 4.72 Å². The van der Waals surface area contributed by atoms with Crippen LogP contribution >= 0.6 is 11.6 Å². The first kappa shape index (κ1) is 11.2. The van der Waals surface area contributed by atoms with Gasteiger partial charge in [0, 0.05) is 6.07 Å². The SMILES string of the molecule is CC(C)S(=O)(=O)Nc1cc(Cl)ncn1. The maximum atomic E-state index is 11.4. The molecule has 0 aliphatic carbocycles. The van der Waals surface area contributed by atoms with Crippen molar-refractivity contribution in [2.75, 3.05) is 4.72 Å². The Morgan fingerprint density at radius 2 is 2.07 bits per heavy atom. The fourth-order valence-corrected chi connectivity index (χ4v) is 1.44. The van der Waals surface area contributed by atoms with E-state index in [4.69, 9.17) is 11.6 Å². The van der Waals surface area contributed by atoms with Crippen molar-refractivity contribution >= 4 is 27.4 Å². The van der Waals surface area contributed by atoms with Crippen molar-refractivity contribution < 1.29 is 8.42 Å². The van der Waals surface area contributed by atoms with Crippen LogP contribution in [0.3, 0.4) is 0 Å². The van der Waals surface area contributed by atoms with E-state index in [9.17, 15) is 8.42 Å². The van der Waals surface area contributed by atoms with E-state index in [1.165, 1.54) is 12.4 Å². The third-order valence-corrected chi connectivity index (χ3v) is 3.44. The molecule has 1 aromatic heterocycles. The summed E-state index contributed by atoms with van der Waals surface area (Å²) in [4.78, 5) is 7.36. The van der Waals surface area contributed by atoms with Crippen LogP contribution in [-0.4, -0.2) is 23.6 Å². The average Bonchev–Trinajstić information content (AvgIpc) is 2.02. The van der Waals surface area contributed by atoms with Gasteiger partial charge in [0.2, 0.25) is 10.0 Å². The third-order valence-electron chi connectivity index (χ3n) is 1.50. The number of nitrogens with one attached hydrogen (secondary N) is 1. The van der Waals surface area contributed by atoms with E-state index in [1.54, 1.807) is 13.8 Å². The molecule has 0 atom stereocenters. The fraction of sp³-hybridized carbons (Fsp3) is 0.429. The zero-order valence-corrected chi connectivity index (χ0v) is 9.30. The molecular formula is C7H10ClN3O2S. The molecule has 0 radical (unpaired) electrons. The Morgan fingerprint density at radius 1 is 1.43 bits per heavy atom. The summed E-state index contributed by atoms with van der Waals surface area (Å²) < 4.78 is 25.1. The van der Waals surface area contributed by atoms with Crippen molar-refractivity contribution in [1.82, 2.24) is 9.97 Å². The molecule has 0 saturated carbocycles. The van der Waals surface area contributed by atoms with Crippen LogP contribution in [0.4, 0.5) is 5.82 Å². The standard InChI is InChI=1S/C7H10ClN3O2S/c1-5(2)14(12,13)11-7-3-6(8)9-4-10-7/h3-5H,1-2H3,(H,9,10,11). The molecule has 0 bridgehead atoms. The normalized spacial score (nSPS) is 11.7. The highest BCUT2D eigenvalue weighted by atomic mass is 35.5. The van der Waals surface area contributed by atoms with Crippen LogP contribution in [0, 0.1) is 0 Å². The second-order valence-electron chi connectivity index (χ2n) is 2.92. The highest BCUT2D eigenvalue weighted by molar-refractivity contribution is 7.93.